The number of hydrogen-bond acceptors (Lipinski definition) is 2. The van der Waals surface area contributed by atoms with Gasteiger partial charge in [0, 0.05) is 18.4 Å². The molecule has 0 unspecified atom stereocenters. The topological polar surface area (TPSA) is 40.2 Å². The number of allylic oxidation sites excluding steroid dienone is 2. The second-order valence-electron chi connectivity index (χ2n) is 5.79. The lowest BCUT2D eigenvalue weighted by Gasteiger charge is -2.14. The minimum atomic E-state index is 0. The molecule has 0 saturated heterocycles. The molecule has 21 heavy (non-hydrogen) atoms. The fourth-order valence-corrected chi connectivity index (χ4v) is 2.95. The molecule has 114 valence electrons. The molecule has 1 aromatic rings. The van der Waals surface area contributed by atoms with E-state index >= 15 is 0 Å². The van der Waals surface area contributed by atoms with Gasteiger partial charge >= 0.3 is 0 Å². The fourth-order valence-electron chi connectivity index (χ4n) is 2.95. The van der Waals surface area contributed by atoms with Crippen molar-refractivity contribution in [3.63, 3.8) is 0 Å². The lowest BCUT2D eigenvalue weighted by atomic mass is 10.1. The standard InChI is InChI=1S/C17H23N3.ClH/c1-13-11-16(15-9-6-10-18-15)20-17(13)12-19-14-7-4-2-3-5-8-14;/h6,9-12,14,18-19H,2-5,7-8H2,1H3;1H. The molecule has 3 rings (SSSR count). The van der Waals surface area contributed by atoms with Gasteiger partial charge < -0.3 is 10.3 Å². The zero-order valence-corrected chi connectivity index (χ0v) is 13.4. The second kappa shape index (κ2) is 7.51. The van der Waals surface area contributed by atoms with Gasteiger partial charge in [0.15, 0.2) is 0 Å². The molecule has 2 N–H and O–H groups in total. The molecule has 2 heterocycles. The average molecular weight is 306 g/mol. The maximum absolute atomic E-state index is 4.71. The first kappa shape index (κ1) is 15.9. The summed E-state index contributed by atoms with van der Waals surface area (Å²) in [6.07, 6.45) is 14.3. The summed E-state index contributed by atoms with van der Waals surface area (Å²) in [7, 11) is 0. The summed E-state index contributed by atoms with van der Waals surface area (Å²) >= 11 is 0. The number of nitrogens with zero attached hydrogens (tertiary/aromatic N) is 1. The Hall–Kier alpha value is -1.48. The van der Waals surface area contributed by atoms with Gasteiger partial charge in [0.05, 0.1) is 17.1 Å². The van der Waals surface area contributed by atoms with Crippen LogP contribution in [0.4, 0.5) is 0 Å². The predicted octanol–water partition coefficient (Wildman–Crippen LogP) is 4.34. The number of hydrogen-bond donors (Lipinski definition) is 2. The van der Waals surface area contributed by atoms with Crippen molar-refractivity contribution in [1.82, 2.24) is 10.3 Å². The molecule has 1 aliphatic heterocycles. The Morgan fingerprint density at radius 3 is 2.67 bits per heavy atom. The van der Waals surface area contributed by atoms with Gasteiger partial charge in [-0.15, -0.1) is 12.4 Å². The molecule has 4 heteroatoms. The van der Waals surface area contributed by atoms with Crippen LogP contribution in [0.25, 0.3) is 0 Å². The predicted molar refractivity (Wildman–Crippen MR) is 91.0 cm³/mol. The van der Waals surface area contributed by atoms with Gasteiger partial charge in [0.2, 0.25) is 0 Å². The highest BCUT2D eigenvalue weighted by Gasteiger charge is 2.14. The smallest absolute Gasteiger partial charge is 0.0875 e. The molecule has 0 bridgehead atoms. The first-order chi connectivity index (χ1) is 9.83. The van der Waals surface area contributed by atoms with Crippen LogP contribution < -0.4 is 5.32 Å². The van der Waals surface area contributed by atoms with Crippen molar-refractivity contribution in [3.8, 4) is 0 Å². The number of nitrogens with one attached hydrogen (secondary N) is 2. The summed E-state index contributed by atoms with van der Waals surface area (Å²) in [5, 5.41) is 3.58. The zero-order valence-electron chi connectivity index (χ0n) is 12.6. The van der Waals surface area contributed by atoms with Crippen molar-refractivity contribution in [2.24, 2.45) is 4.99 Å². The summed E-state index contributed by atoms with van der Waals surface area (Å²) in [5.74, 6) is 0. The Labute approximate surface area is 133 Å². The number of aromatic nitrogens is 1. The Kier molecular flexibility index (Phi) is 5.68. The maximum Gasteiger partial charge on any atom is 0.0875 e. The Bertz CT molecular complexity index is 532. The SMILES string of the molecule is CC1=CC(c2ccc[nH]2)=NC1=CNC1CCCCCC1.Cl. The fraction of sp³-hybridized carbons (Fsp3) is 0.471. The monoisotopic (exact) mass is 305 g/mol. The number of halogens is 1. The van der Waals surface area contributed by atoms with Crippen molar-refractivity contribution in [1.29, 1.82) is 0 Å². The molecule has 0 spiro atoms. The highest BCUT2D eigenvalue weighted by Crippen LogP contribution is 2.22. The van der Waals surface area contributed by atoms with E-state index in [1.807, 2.05) is 12.3 Å². The molecule has 0 amide bonds. The molecule has 1 saturated carbocycles. The van der Waals surface area contributed by atoms with E-state index in [1.54, 1.807) is 0 Å². The minimum Gasteiger partial charge on any atom is -0.386 e. The molecule has 2 aliphatic rings. The largest absolute Gasteiger partial charge is 0.386 e. The van der Waals surface area contributed by atoms with E-state index < -0.39 is 0 Å². The second-order valence-corrected chi connectivity index (χ2v) is 5.79. The average Bonchev–Trinajstić information content (AvgIpc) is 3.01. The summed E-state index contributed by atoms with van der Waals surface area (Å²) in [4.78, 5) is 7.92. The lowest BCUT2D eigenvalue weighted by Crippen LogP contribution is -2.23. The van der Waals surface area contributed by atoms with Crippen molar-refractivity contribution < 1.29 is 0 Å². The summed E-state index contributed by atoms with van der Waals surface area (Å²) in [6, 6.07) is 4.69. The van der Waals surface area contributed by atoms with E-state index in [-0.39, 0.29) is 12.4 Å². The molecule has 3 nitrogen and oxygen atoms in total. The quantitative estimate of drug-likeness (QED) is 0.801. The third-order valence-corrected chi connectivity index (χ3v) is 4.18. The van der Waals surface area contributed by atoms with Crippen LogP contribution in [0.15, 0.2) is 46.9 Å². The van der Waals surface area contributed by atoms with Gasteiger partial charge in [0.1, 0.15) is 0 Å². The van der Waals surface area contributed by atoms with Crippen molar-refractivity contribution in [2.75, 3.05) is 0 Å². The Morgan fingerprint density at radius 1 is 1.24 bits per heavy atom. The molecule has 1 fully saturated rings. The van der Waals surface area contributed by atoms with Gasteiger partial charge in [-0.1, -0.05) is 25.7 Å². The summed E-state index contributed by atoms with van der Waals surface area (Å²) in [5.41, 5.74) is 4.42. The molecule has 0 radical (unpaired) electrons. The van der Waals surface area contributed by atoms with Gasteiger partial charge in [-0.2, -0.15) is 0 Å². The maximum atomic E-state index is 4.71. The molecule has 0 atom stereocenters. The first-order valence-corrected chi connectivity index (χ1v) is 7.70. The van der Waals surface area contributed by atoms with Gasteiger partial charge in [-0.25, -0.2) is 4.99 Å². The highest BCUT2D eigenvalue weighted by atomic mass is 35.5. The third kappa shape index (κ3) is 4.01. The third-order valence-electron chi connectivity index (χ3n) is 4.18. The van der Waals surface area contributed by atoms with Crippen LogP contribution in [0.3, 0.4) is 0 Å². The first-order valence-electron chi connectivity index (χ1n) is 7.70. The molecular weight excluding hydrogens is 282 g/mol. The van der Waals surface area contributed by atoms with E-state index in [2.05, 4.69) is 35.6 Å². The normalized spacial score (nSPS) is 21.5. The van der Waals surface area contributed by atoms with E-state index in [9.17, 15) is 0 Å². The van der Waals surface area contributed by atoms with Crippen molar-refractivity contribution >= 4 is 18.1 Å². The van der Waals surface area contributed by atoms with E-state index in [1.165, 1.54) is 44.1 Å². The van der Waals surface area contributed by atoms with Gasteiger partial charge in [-0.05, 0) is 43.5 Å². The Balaban J connectivity index is 0.00000161. The van der Waals surface area contributed by atoms with Crippen LogP contribution in [-0.2, 0) is 0 Å². The van der Waals surface area contributed by atoms with Crippen LogP contribution >= 0.6 is 12.4 Å². The van der Waals surface area contributed by atoms with Crippen LogP contribution in [0.2, 0.25) is 0 Å². The number of aliphatic imine (C=N–C) groups is 1. The summed E-state index contributed by atoms with van der Waals surface area (Å²) < 4.78 is 0. The van der Waals surface area contributed by atoms with Gasteiger partial charge in [-0.3, -0.25) is 0 Å². The van der Waals surface area contributed by atoms with Crippen LogP contribution in [0, 0.1) is 0 Å². The van der Waals surface area contributed by atoms with Crippen LogP contribution in [0.5, 0.6) is 0 Å². The van der Waals surface area contributed by atoms with Crippen molar-refractivity contribution in [3.05, 3.63) is 47.6 Å². The highest BCUT2D eigenvalue weighted by molar-refractivity contribution is 6.10. The molecular formula is C17H24ClN3. The lowest BCUT2D eigenvalue weighted by molar-refractivity contribution is 0.515. The minimum absolute atomic E-state index is 0. The van der Waals surface area contributed by atoms with E-state index in [0.29, 0.717) is 6.04 Å². The van der Waals surface area contributed by atoms with Gasteiger partial charge in [0.25, 0.3) is 0 Å². The molecule has 1 aromatic heterocycles. The van der Waals surface area contributed by atoms with Crippen LogP contribution in [0.1, 0.15) is 51.1 Å². The number of rotatable bonds is 3. The Morgan fingerprint density at radius 2 is 2.00 bits per heavy atom. The zero-order chi connectivity index (χ0) is 13.8. The van der Waals surface area contributed by atoms with Crippen LogP contribution in [-0.4, -0.2) is 16.7 Å². The van der Waals surface area contributed by atoms with E-state index in [0.717, 1.165) is 17.1 Å². The summed E-state index contributed by atoms with van der Waals surface area (Å²) in [6.45, 7) is 2.13. The number of aromatic amines is 1. The van der Waals surface area contributed by atoms with E-state index in [4.69, 9.17) is 4.99 Å². The van der Waals surface area contributed by atoms with Crippen molar-refractivity contribution in [2.45, 2.75) is 51.5 Å². The molecule has 0 aromatic carbocycles. The molecule has 1 aliphatic carbocycles. The number of H-pyrrole nitrogens is 1.